The number of benzene rings is 2. The average Bonchev–Trinajstić information content (AvgIpc) is 2.44. The van der Waals surface area contributed by atoms with Gasteiger partial charge in [-0.05, 0) is 17.7 Å². The number of ketones is 1. The van der Waals surface area contributed by atoms with Crippen molar-refractivity contribution < 1.29 is 9.53 Å². The van der Waals surface area contributed by atoms with E-state index < -0.39 is 0 Å². The maximum Gasteiger partial charge on any atom is 0.165 e. The van der Waals surface area contributed by atoms with Crippen LogP contribution in [0.3, 0.4) is 0 Å². The van der Waals surface area contributed by atoms with Crippen LogP contribution in [-0.4, -0.2) is 12.4 Å². The molecule has 0 aliphatic carbocycles. The van der Waals surface area contributed by atoms with Crippen molar-refractivity contribution in [3.8, 4) is 0 Å². The molecule has 0 atom stereocenters. The molecule has 19 heavy (non-hydrogen) atoms. The molecular formula is C16H15ClO2. The molecule has 2 nitrogen and oxygen atoms in total. The molecule has 0 fully saturated rings. The first kappa shape index (κ1) is 13.8. The molecule has 3 heteroatoms. The van der Waals surface area contributed by atoms with Gasteiger partial charge in [0.25, 0.3) is 0 Å². The van der Waals surface area contributed by atoms with E-state index in [2.05, 4.69) is 0 Å². The summed E-state index contributed by atoms with van der Waals surface area (Å²) in [4.78, 5) is 11.8. The molecule has 0 N–H and O–H groups in total. The third-order valence-corrected chi connectivity index (χ3v) is 2.96. The van der Waals surface area contributed by atoms with Gasteiger partial charge in [0, 0.05) is 17.0 Å². The van der Waals surface area contributed by atoms with Crippen molar-refractivity contribution in [1.82, 2.24) is 0 Å². The Labute approximate surface area is 118 Å². The number of hydrogen-bond acceptors (Lipinski definition) is 2. The van der Waals surface area contributed by atoms with Crippen LogP contribution in [0.1, 0.15) is 22.3 Å². The largest absolute Gasteiger partial charge is 0.376 e. The number of carbonyl (C=O) groups excluding carboxylic acids is 1. The fourth-order valence-corrected chi connectivity index (χ4v) is 1.96. The van der Waals surface area contributed by atoms with E-state index >= 15 is 0 Å². The van der Waals surface area contributed by atoms with E-state index in [1.807, 2.05) is 54.6 Å². The first-order valence-electron chi connectivity index (χ1n) is 6.16. The molecule has 0 spiro atoms. The lowest BCUT2D eigenvalue weighted by Crippen LogP contribution is -2.04. The van der Waals surface area contributed by atoms with Crippen LogP contribution in [0.25, 0.3) is 0 Å². The molecule has 0 saturated heterocycles. The third kappa shape index (κ3) is 4.51. The third-order valence-electron chi connectivity index (χ3n) is 2.73. The highest BCUT2D eigenvalue weighted by molar-refractivity contribution is 6.30. The van der Waals surface area contributed by atoms with Crippen LogP contribution in [0.15, 0.2) is 54.6 Å². The summed E-state index contributed by atoms with van der Waals surface area (Å²) in [6.45, 7) is 0.892. The molecular weight excluding hydrogens is 260 g/mol. The fourth-order valence-electron chi connectivity index (χ4n) is 1.75. The zero-order chi connectivity index (χ0) is 13.5. The highest BCUT2D eigenvalue weighted by Crippen LogP contribution is 2.11. The maximum atomic E-state index is 11.8. The summed E-state index contributed by atoms with van der Waals surface area (Å²) in [6, 6.07) is 16.8. The summed E-state index contributed by atoms with van der Waals surface area (Å²) in [5.74, 6) is 0.103. The van der Waals surface area contributed by atoms with Crippen LogP contribution in [0, 0.1) is 0 Å². The first-order valence-corrected chi connectivity index (χ1v) is 6.54. The van der Waals surface area contributed by atoms with Gasteiger partial charge < -0.3 is 4.74 Å². The second-order valence-electron chi connectivity index (χ2n) is 4.22. The molecule has 0 unspecified atom stereocenters. The van der Waals surface area contributed by atoms with E-state index in [-0.39, 0.29) is 5.78 Å². The Hall–Kier alpha value is -1.64. The van der Waals surface area contributed by atoms with E-state index in [0.29, 0.717) is 24.7 Å². The van der Waals surface area contributed by atoms with Crippen molar-refractivity contribution in [2.45, 2.75) is 13.0 Å². The molecule has 98 valence electrons. The van der Waals surface area contributed by atoms with Gasteiger partial charge in [-0.25, -0.2) is 0 Å². The summed E-state index contributed by atoms with van der Waals surface area (Å²) >= 11 is 5.88. The minimum atomic E-state index is 0.103. The number of halogens is 1. The lowest BCUT2D eigenvalue weighted by molar-refractivity contribution is 0.0848. The summed E-state index contributed by atoms with van der Waals surface area (Å²) in [6.07, 6.45) is 0.393. The molecule has 2 aromatic rings. The highest BCUT2D eigenvalue weighted by Gasteiger charge is 2.04. The lowest BCUT2D eigenvalue weighted by Gasteiger charge is -2.04. The van der Waals surface area contributed by atoms with Gasteiger partial charge in [0.15, 0.2) is 5.78 Å². The van der Waals surface area contributed by atoms with Crippen LogP contribution in [0.5, 0.6) is 0 Å². The molecule has 0 aliphatic heterocycles. The van der Waals surface area contributed by atoms with Crippen molar-refractivity contribution in [2.24, 2.45) is 0 Å². The number of carbonyl (C=O) groups is 1. The Morgan fingerprint density at radius 3 is 2.58 bits per heavy atom. The van der Waals surface area contributed by atoms with Crippen LogP contribution in [0.2, 0.25) is 5.02 Å². The van der Waals surface area contributed by atoms with Gasteiger partial charge in [0.2, 0.25) is 0 Å². The van der Waals surface area contributed by atoms with Crippen LogP contribution in [0.4, 0.5) is 0 Å². The SMILES string of the molecule is O=C(CCOCc1cccc(Cl)c1)c1ccccc1. The predicted molar refractivity (Wildman–Crippen MR) is 76.5 cm³/mol. The Kier molecular flexibility index (Phi) is 5.13. The first-order chi connectivity index (χ1) is 9.25. The molecule has 2 aromatic carbocycles. The number of ether oxygens (including phenoxy) is 1. The number of Topliss-reactive ketones (excluding diaryl/α,β-unsaturated/α-hetero) is 1. The van der Waals surface area contributed by atoms with E-state index in [4.69, 9.17) is 16.3 Å². The van der Waals surface area contributed by atoms with E-state index in [0.717, 1.165) is 11.1 Å². The minimum absolute atomic E-state index is 0.103. The van der Waals surface area contributed by atoms with Gasteiger partial charge in [-0.2, -0.15) is 0 Å². The lowest BCUT2D eigenvalue weighted by atomic mass is 10.1. The fraction of sp³-hybridized carbons (Fsp3) is 0.188. The predicted octanol–water partition coefficient (Wildman–Crippen LogP) is 4.13. The smallest absolute Gasteiger partial charge is 0.165 e. The van der Waals surface area contributed by atoms with E-state index in [1.54, 1.807) is 0 Å². The number of rotatable bonds is 6. The van der Waals surface area contributed by atoms with Crippen LogP contribution in [-0.2, 0) is 11.3 Å². The van der Waals surface area contributed by atoms with Gasteiger partial charge in [0.05, 0.1) is 13.2 Å². The topological polar surface area (TPSA) is 26.3 Å². The Balaban J connectivity index is 1.74. The molecule has 0 aromatic heterocycles. The molecule has 0 aliphatic rings. The Bertz CT molecular complexity index is 537. The summed E-state index contributed by atoms with van der Waals surface area (Å²) in [5, 5.41) is 0.696. The molecule has 2 rings (SSSR count). The van der Waals surface area contributed by atoms with E-state index in [9.17, 15) is 4.79 Å². The van der Waals surface area contributed by atoms with Crippen molar-refractivity contribution in [3.63, 3.8) is 0 Å². The van der Waals surface area contributed by atoms with Crippen molar-refractivity contribution in [1.29, 1.82) is 0 Å². The van der Waals surface area contributed by atoms with Gasteiger partial charge >= 0.3 is 0 Å². The van der Waals surface area contributed by atoms with Crippen molar-refractivity contribution in [3.05, 3.63) is 70.7 Å². The standard InChI is InChI=1S/C16H15ClO2/c17-15-8-4-5-13(11-15)12-19-10-9-16(18)14-6-2-1-3-7-14/h1-8,11H,9-10,12H2. The molecule has 0 heterocycles. The van der Waals surface area contributed by atoms with Crippen molar-refractivity contribution >= 4 is 17.4 Å². The van der Waals surface area contributed by atoms with Crippen LogP contribution >= 0.6 is 11.6 Å². The maximum absolute atomic E-state index is 11.8. The Morgan fingerprint density at radius 1 is 1.05 bits per heavy atom. The number of hydrogen-bond donors (Lipinski definition) is 0. The van der Waals surface area contributed by atoms with Gasteiger partial charge in [-0.1, -0.05) is 54.1 Å². The summed E-state index contributed by atoms with van der Waals surface area (Å²) in [5.41, 5.74) is 1.74. The normalized spacial score (nSPS) is 10.4. The van der Waals surface area contributed by atoms with Crippen LogP contribution < -0.4 is 0 Å². The molecule has 0 saturated carbocycles. The average molecular weight is 275 g/mol. The van der Waals surface area contributed by atoms with E-state index in [1.165, 1.54) is 0 Å². The molecule has 0 bridgehead atoms. The molecule has 0 amide bonds. The molecule has 0 radical (unpaired) electrons. The second-order valence-corrected chi connectivity index (χ2v) is 4.66. The van der Waals surface area contributed by atoms with Gasteiger partial charge in [-0.15, -0.1) is 0 Å². The zero-order valence-electron chi connectivity index (χ0n) is 10.5. The second kappa shape index (κ2) is 7.07. The summed E-state index contributed by atoms with van der Waals surface area (Å²) in [7, 11) is 0. The monoisotopic (exact) mass is 274 g/mol. The quantitative estimate of drug-likeness (QED) is 0.585. The summed E-state index contributed by atoms with van der Waals surface area (Å²) < 4.78 is 5.49. The van der Waals surface area contributed by atoms with Gasteiger partial charge in [-0.3, -0.25) is 4.79 Å². The minimum Gasteiger partial charge on any atom is -0.376 e. The highest BCUT2D eigenvalue weighted by atomic mass is 35.5. The zero-order valence-corrected chi connectivity index (χ0v) is 11.3. The Morgan fingerprint density at radius 2 is 1.84 bits per heavy atom. The van der Waals surface area contributed by atoms with Gasteiger partial charge in [0.1, 0.15) is 0 Å². The van der Waals surface area contributed by atoms with Crippen molar-refractivity contribution in [2.75, 3.05) is 6.61 Å².